The zero-order chi connectivity index (χ0) is 26.0. The van der Waals surface area contributed by atoms with Gasteiger partial charge in [0.05, 0.1) is 0 Å². The second-order valence-corrected chi connectivity index (χ2v) is 10.3. The number of aromatic nitrogens is 4. The smallest absolute Gasteiger partial charge is 0.0267 e. The third-order valence-electron chi connectivity index (χ3n) is 2.27. The number of hydrogen-bond donors (Lipinski definition) is 0. The summed E-state index contributed by atoms with van der Waals surface area (Å²) >= 11 is -12.2. The maximum Gasteiger partial charge on any atom is 0.0267 e. The summed E-state index contributed by atoms with van der Waals surface area (Å²) in [5.74, 6) is 0. The molecule has 0 aliphatic carbocycles. The molecular weight excluding hydrogens is 860 g/mol. The first-order valence-corrected chi connectivity index (χ1v) is 17.5. The molecule has 193 valence electrons. The molecule has 0 spiro atoms. The van der Waals surface area contributed by atoms with Crippen LogP contribution in [-0.4, -0.2) is 19.9 Å². The minimum absolute atomic E-state index is 0. The second kappa shape index (κ2) is 25.8. The molecule has 0 amide bonds. The summed E-state index contributed by atoms with van der Waals surface area (Å²) in [5, 5.41) is 0. The first-order chi connectivity index (χ1) is 16.0. The van der Waals surface area contributed by atoms with Gasteiger partial charge in [-0.25, -0.2) is 0 Å². The van der Waals surface area contributed by atoms with Crippen LogP contribution < -0.4 is 7.66 Å². The number of nitrogens with zero attached hydrogens (tertiary/aromatic N) is 4. The molecule has 4 aromatic rings. The van der Waals surface area contributed by atoms with Gasteiger partial charge in [0.15, 0.2) is 0 Å². The van der Waals surface area contributed by atoms with Gasteiger partial charge in [0, 0.05) is 49.6 Å². The van der Waals surface area contributed by atoms with Crippen molar-refractivity contribution in [3.8, 4) is 0 Å². The average molecular weight is 880 g/mol. The van der Waals surface area contributed by atoms with E-state index in [0.29, 0.717) is 0 Å². The molecule has 0 bridgehead atoms. The van der Waals surface area contributed by atoms with Crippen LogP contribution in [0.5, 0.6) is 0 Å². The average Bonchev–Trinajstić information content (AvgIpc) is 2.83. The van der Waals surface area contributed by atoms with Crippen molar-refractivity contribution in [2.24, 2.45) is 0 Å². The van der Waals surface area contributed by atoms with E-state index in [2.05, 4.69) is 19.9 Å². The Hall–Kier alpha value is -2.84. The molecule has 15 heteroatoms. The topological polar surface area (TPSA) is 200 Å². The van der Waals surface area contributed by atoms with E-state index in [-0.39, 0.29) is 17.1 Å². The van der Waals surface area contributed by atoms with Crippen LogP contribution in [0.2, 0.25) is 0 Å². The third kappa shape index (κ3) is 59.2. The SMILES string of the molecule is [Cu+2].[O]=[Re](=[O])(=[O])[O-].[O]=[Re](=[O])(=[O])[O-].c1ccncc1.c1ccncc1.c1ccncc1.c1ccncc1. The van der Waals surface area contributed by atoms with Gasteiger partial charge in [-0.1, -0.05) is 24.3 Å². The Balaban J connectivity index is -0.000000350. The first-order valence-electron chi connectivity index (χ1n) is 8.63. The fourth-order valence-corrected chi connectivity index (χ4v) is 1.25. The van der Waals surface area contributed by atoms with Crippen molar-refractivity contribution in [1.82, 2.24) is 19.9 Å². The second-order valence-electron chi connectivity index (χ2n) is 4.85. The Morgan fingerprint density at radius 3 is 0.486 bits per heavy atom. The molecule has 0 aromatic carbocycles. The quantitative estimate of drug-likeness (QED) is 0.229. The molecule has 0 saturated carbocycles. The predicted molar refractivity (Wildman–Crippen MR) is 101 cm³/mol. The van der Waals surface area contributed by atoms with Crippen molar-refractivity contribution in [3.63, 3.8) is 0 Å². The molecule has 4 heterocycles. The Labute approximate surface area is 218 Å². The summed E-state index contributed by atoms with van der Waals surface area (Å²) in [6.45, 7) is 0. The molecule has 0 aliphatic rings. The van der Waals surface area contributed by atoms with Crippen LogP contribution in [0.4, 0.5) is 0 Å². The first kappa shape index (κ1) is 36.7. The van der Waals surface area contributed by atoms with E-state index in [4.69, 9.17) is 28.5 Å². The fraction of sp³-hybridized carbons (Fsp3) is 0. The van der Waals surface area contributed by atoms with E-state index >= 15 is 0 Å². The summed E-state index contributed by atoms with van der Waals surface area (Å²) in [4.78, 5) is 15.1. The molecule has 0 saturated heterocycles. The summed E-state index contributed by atoms with van der Waals surface area (Å²) in [6.07, 6.45) is 14.0. The Morgan fingerprint density at radius 1 is 0.343 bits per heavy atom. The van der Waals surface area contributed by atoms with E-state index in [1.165, 1.54) is 0 Å². The molecule has 12 nitrogen and oxygen atoms in total. The molecular formula is C20H20CuN4O8Re2. The van der Waals surface area contributed by atoms with Gasteiger partial charge in [-0.15, -0.1) is 0 Å². The summed E-state index contributed by atoms with van der Waals surface area (Å²) in [7, 11) is 0. The van der Waals surface area contributed by atoms with Gasteiger partial charge in [-0.05, 0) is 48.5 Å². The molecule has 0 aliphatic heterocycles. The van der Waals surface area contributed by atoms with Gasteiger partial charge < -0.3 is 0 Å². The summed E-state index contributed by atoms with van der Waals surface area (Å²) in [5.41, 5.74) is 0. The monoisotopic (exact) mass is 881 g/mol. The minimum Gasteiger partial charge on any atom is -0.265 e. The van der Waals surface area contributed by atoms with Crippen molar-refractivity contribution in [2.45, 2.75) is 0 Å². The van der Waals surface area contributed by atoms with E-state index in [1.807, 2.05) is 72.8 Å². The number of pyridine rings is 4. The maximum atomic E-state index is 8.64. The van der Waals surface area contributed by atoms with E-state index < -0.39 is 31.6 Å². The molecule has 4 aromatic heterocycles. The molecule has 0 atom stereocenters. The van der Waals surface area contributed by atoms with Crippen molar-refractivity contribution in [3.05, 3.63) is 122 Å². The zero-order valence-electron chi connectivity index (χ0n) is 17.7. The van der Waals surface area contributed by atoms with Crippen LogP contribution in [0.3, 0.4) is 0 Å². The van der Waals surface area contributed by atoms with Crippen LogP contribution in [0.1, 0.15) is 0 Å². The Morgan fingerprint density at radius 2 is 0.457 bits per heavy atom. The van der Waals surface area contributed by atoms with Gasteiger partial charge in [0.2, 0.25) is 0 Å². The van der Waals surface area contributed by atoms with Crippen LogP contribution in [0.25, 0.3) is 0 Å². The minimum atomic E-state index is -6.11. The predicted octanol–water partition coefficient (Wildman–Crippen LogP) is 1.23. The van der Waals surface area contributed by atoms with Crippen molar-refractivity contribution >= 4 is 0 Å². The third-order valence-corrected chi connectivity index (χ3v) is 2.27. The maximum absolute atomic E-state index is 8.64. The van der Waals surface area contributed by atoms with E-state index in [1.54, 1.807) is 49.6 Å². The van der Waals surface area contributed by atoms with Crippen LogP contribution in [0.15, 0.2) is 122 Å². The van der Waals surface area contributed by atoms with E-state index in [0.717, 1.165) is 0 Å². The standard InChI is InChI=1S/4C5H5N.Cu.8O.2Re/c4*1-2-4-6-5-3-1;;;;;;;;;;;/h4*1-5H;;;;;;;;;;;/q;;;;+2;;;;;;;2*-1;;. The molecule has 1 radical (unpaired) electrons. The Kier molecular flexibility index (Phi) is 27.1. The van der Waals surface area contributed by atoms with Crippen molar-refractivity contribution < 1.29 is 77.1 Å². The fourth-order valence-electron chi connectivity index (χ4n) is 1.25. The molecule has 0 unspecified atom stereocenters. The number of hydrogen-bond acceptors (Lipinski definition) is 12. The van der Waals surface area contributed by atoms with Gasteiger partial charge >= 0.3 is 77.1 Å². The summed E-state index contributed by atoms with van der Waals surface area (Å²) in [6, 6.07) is 22.9. The molecule has 4 rings (SSSR count). The number of rotatable bonds is 0. The zero-order valence-corrected chi connectivity index (χ0v) is 24.0. The van der Waals surface area contributed by atoms with Gasteiger partial charge in [-0.2, -0.15) is 0 Å². The van der Waals surface area contributed by atoms with Crippen molar-refractivity contribution in [2.75, 3.05) is 0 Å². The van der Waals surface area contributed by atoms with Crippen LogP contribution in [-0.2, 0) is 69.5 Å². The van der Waals surface area contributed by atoms with Crippen LogP contribution >= 0.6 is 0 Å². The van der Waals surface area contributed by atoms with E-state index in [9.17, 15) is 0 Å². The Bertz CT molecular complexity index is 961. The molecule has 35 heavy (non-hydrogen) atoms. The molecule has 0 fully saturated rings. The molecule has 0 N–H and O–H groups in total. The van der Waals surface area contributed by atoms with Crippen molar-refractivity contribution in [1.29, 1.82) is 0 Å². The van der Waals surface area contributed by atoms with Gasteiger partial charge in [-0.3, -0.25) is 19.9 Å². The van der Waals surface area contributed by atoms with Gasteiger partial charge in [0.1, 0.15) is 0 Å². The van der Waals surface area contributed by atoms with Crippen LogP contribution in [0, 0.1) is 0 Å². The van der Waals surface area contributed by atoms with Gasteiger partial charge in [0.25, 0.3) is 0 Å². The largest absolute Gasteiger partial charge is 0.265 e. The normalized spacial score (nSPS) is 8.74. The summed E-state index contributed by atoms with van der Waals surface area (Å²) < 4.78 is 69.1.